The smallest absolute Gasteiger partial charge is 0.251 e. The topological polar surface area (TPSA) is 84.5 Å². The average Bonchev–Trinajstić information content (AvgIpc) is 2.74. The van der Waals surface area contributed by atoms with Crippen molar-refractivity contribution < 1.29 is 22.3 Å². The zero-order valence-corrected chi connectivity index (χ0v) is 18.0. The van der Waals surface area contributed by atoms with E-state index in [1.807, 2.05) is 0 Å². The largest absolute Gasteiger partial charge is 0.495 e. The Kier molecular flexibility index (Phi) is 7.10. The first-order valence-corrected chi connectivity index (χ1v) is 11.5. The minimum Gasteiger partial charge on any atom is -0.495 e. The number of hydrogen-bond acceptors (Lipinski definition) is 4. The van der Waals surface area contributed by atoms with Crippen LogP contribution < -0.4 is 14.8 Å². The Labute approximate surface area is 176 Å². The molecule has 2 N–H and O–H groups in total. The van der Waals surface area contributed by atoms with Gasteiger partial charge in [0.25, 0.3) is 5.91 Å². The summed E-state index contributed by atoms with van der Waals surface area (Å²) >= 11 is 0. The molecule has 8 heteroatoms. The molecule has 0 spiro atoms. The molecule has 162 valence electrons. The second kappa shape index (κ2) is 9.57. The lowest BCUT2D eigenvalue weighted by Crippen LogP contribution is -2.36. The molecule has 0 aliphatic heterocycles. The zero-order chi connectivity index (χ0) is 21.7. The van der Waals surface area contributed by atoms with E-state index in [1.54, 1.807) is 19.1 Å². The Morgan fingerprint density at radius 3 is 2.40 bits per heavy atom. The fraction of sp³-hybridized carbons (Fsp3) is 0.409. The highest BCUT2D eigenvalue weighted by Gasteiger charge is 2.26. The van der Waals surface area contributed by atoms with Crippen LogP contribution in [0.25, 0.3) is 0 Å². The summed E-state index contributed by atoms with van der Waals surface area (Å²) in [6.07, 6.45) is 4.71. The van der Waals surface area contributed by atoms with Crippen LogP contribution in [0, 0.1) is 5.82 Å². The van der Waals surface area contributed by atoms with Gasteiger partial charge in [-0.15, -0.1) is 0 Å². The van der Waals surface area contributed by atoms with E-state index in [-0.39, 0.29) is 34.1 Å². The zero-order valence-electron chi connectivity index (χ0n) is 17.2. The van der Waals surface area contributed by atoms with Crippen molar-refractivity contribution in [3.63, 3.8) is 0 Å². The third kappa shape index (κ3) is 5.37. The van der Waals surface area contributed by atoms with Crippen molar-refractivity contribution in [3.05, 3.63) is 59.4 Å². The van der Waals surface area contributed by atoms with E-state index in [0.717, 1.165) is 37.7 Å². The number of halogens is 1. The Balaban J connectivity index is 1.80. The highest BCUT2D eigenvalue weighted by atomic mass is 32.2. The van der Waals surface area contributed by atoms with Gasteiger partial charge in [-0.1, -0.05) is 31.4 Å². The van der Waals surface area contributed by atoms with Gasteiger partial charge in [0.05, 0.1) is 13.2 Å². The Hall–Kier alpha value is -2.45. The lowest BCUT2D eigenvalue weighted by molar-refractivity contribution is 0.0939. The van der Waals surface area contributed by atoms with E-state index in [1.165, 1.54) is 37.4 Å². The first-order valence-electron chi connectivity index (χ1n) is 10.1. The fourth-order valence-corrected chi connectivity index (χ4v) is 5.15. The SMILES string of the molecule is COc1ccc(C(=O)N[C@H](C)c2ccc(F)cc2)cc1S(=O)(=O)NC1CCCCC1. The molecule has 0 unspecified atom stereocenters. The number of rotatable bonds is 7. The molecule has 2 aromatic carbocycles. The molecule has 3 rings (SSSR count). The minimum absolute atomic E-state index is 0.0577. The summed E-state index contributed by atoms with van der Waals surface area (Å²) in [6, 6.07) is 9.69. The first kappa shape index (κ1) is 22.2. The molecule has 1 fully saturated rings. The van der Waals surface area contributed by atoms with Gasteiger partial charge in [-0.3, -0.25) is 4.79 Å². The number of amides is 1. The van der Waals surface area contributed by atoms with Crippen LogP contribution in [0.3, 0.4) is 0 Å². The number of ether oxygens (including phenoxy) is 1. The third-order valence-electron chi connectivity index (χ3n) is 5.36. The Bertz CT molecular complexity index is 987. The number of hydrogen-bond donors (Lipinski definition) is 2. The van der Waals surface area contributed by atoms with E-state index < -0.39 is 15.9 Å². The van der Waals surface area contributed by atoms with Crippen molar-refractivity contribution in [1.82, 2.24) is 10.0 Å². The number of benzene rings is 2. The number of sulfonamides is 1. The lowest BCUT2D eigenvalue weighted by atomic mass is 9.96. The molecule has 0 radical (unpaired) electrons. The van der Waals surface area contributed by atoms with Crippen molar-refractivity contribution in [2.45, 2.75) is 56.0 Å². The van der Waals surface area contributed by atoms with Gasteiger partial charge in [-0.2, -0.15) is 0 Å². The van der Waals surface area contributed by atoms with E-state index in [2.05, 4.69) is 10.0 Å². The lowest BCUT2D eigenvalue weighted by Gasteiger charge is -2.23. The summed E-state index contributed by atoms with van der Waals surface area (Å²) in [5.74, 6) is -0.599. The van der Waals surface area contributed by atoms with Gasteiger partial charge in [-0.05, 0) is 55.7 Å². The third-order valence-corrected chi connectivity index (χ3v) is 6.90. The molecule has 2 aromatic rings. The summed E-state index contributed by atoms with van der Waals surface area (Å²) in [7, 11) is -2.45. The van der Waals surface area contributed by atoms with Gasteiger partial charge in [0.2, 0.25) is 10.0 Å². The van der Waals surface area contributed by atoms with Crippen LogP contribution in [0.2, 0.25) is 0 Å². The molecule has 6 nitrogen and oxygen atoms in total. The van der Waals surface area contributed by atoms with Gasteiger partial charge in [-0.25, -0.2) is 17.5 Å². The summed E-state index contributed by atoms with van der Waals surface area (Å²) in [5.41, 5.74) is 0.943. The molecular weight excluding hydrogens is 407 g/mol. The van der Waals surface area contributed by atoms with Crippen LogP contribution in [-0.4, -0.2) is 27.5 Å². The monoisotopic (exact) mass is 434 g/mol. The Morgan fingerprint density at radius 2 is 1.77 bits per heavy atom. The quantitative estimate of drug-likeness (QED) is 0.691. The van der Waals surface area contributed by atoms with Crippen molar-refractivity contribution in [2.24, 2.45) is 0 Å². The summed E-state index contributed by atoms with van der Waals surface area (Å²) in [6.45, 7) is 1.77. The van der Waals surface area contributed by atoms with Crippen LogP contribution in [0.4, 0.5) is 4.39 Å². The minimum atomic E-state index is -3.84. The van der Waals surface area contributed by atoms with Crippen molar-refractivity contribution >= 4 is 15.9 Å². The van der Waals surface area contributed by atoms with E-state index in [9.17, 15) is 17.6 Å². The first-order chi connectivity index (χ1) is 14.3. The van der Waals surface area contributed by atoms with Crippen molar-refractivity contribution in [2.75, 3.05) is 7.11 Å². The van der Waals surface area contributed by atoms with Gasteiger partial charge >= 0.3 is 0 Å². The number of methoxy groups -OCH3 is 1. The van der Waals surface area contributed by atoms with Gasteiger partial charge < -0.3 is 10.1 Å². The van der Waals surface area contributed by atoms with Crippen LogP contribution >= 0.6 is 0 Å². The molecule has 1 aliphatic rings. The standard InChI is InChI=1S/C22H27FN2O4S/c1-15(16-8-11-18(23)12-9-16)24-22(26)17-10-13-20(29-2)21(14-17)30(27,28)25-19-6-4-3-5-7-19/h8-15,19,25H,3-7H2,1-2H3,(H,24,26)/t15-/m1/s1. The van der Waals surface area contributed by atoms with Crippen molar-refractivity contribution in [1.29, 1.82) is 0 Å². The highest BCUT2D eigenvalue weighted by molar-refractivity contribution is 7.89. The molecule has 30 heavy (non-hydrogen) atoms. The van der Waals surface area contributed by atoms with Crippen LogP contribution in [-0.2, 0) is 10.0 Å². The molecule has 0 heterocycles. The van der Waals surface area contributed by atoms with Gasteiger partial charge in [0, 0.05) is 11.6 Å². The maximum absolute atomic E-state index is 13.1. The predicted molar refractivity (Wildman–Crippen MR) is 112 cm³/mol. The van der Waals surface area contributed by atoms with E-state index in [4.69, 9.17) is 4.74 Å². The average molecular weight is 435 g/mol. The summed E-state index contributed by atoms with van der Waals surface area (Å²) < 4.78 is 47.0. The number of carbonyl (C=O) groups excluding carboxylic acids is 1. The predicted octanol–water partition coefficient (Wildman–Crippen LogP) is 3.94. The molecule has 1 saturated carbocycles. The summed E-state index contributed by atoms with van der Waals surface area (Å²) in [5, 5.41) is 2.81. The molecule has 0 aromatic heterocycles. The number of carbonyl (C=O) groups is 1. The highest BCUT2D eigenvalue weighted by Crippen LogP contribution is 2.27. The second-order valence-electron chi connectivity index (χ2n) is 7.57. The van der Waals surface area contributed by atoms with E-state index >= 15 is 0 Å². The van der Waals surface area contributed by atoms with E-state index in [0.29, 0.717) is 0 Å². The molecule has 1 atom stereocenters. The summed E-state index contributed by atoms with van der Waals surface area (Å²) in [4.78, 5) is 12.7. The fourth-order valence-electron chi connectivity index (χ4n) is 3.65. The molecule has 0 bridgehead atoms. The number of nitrogens with one attached hydrogen (secondary N) is 2. The van der Waals surface area contributed by atoms with Crippen LogP contribution in [0.1, 0.15) is 61.0 Å². The maximum Gasteiger partial charge on any atom is 0.251 e. The maximum atomic E-state index is 13.1. The van der Waals surface area contributed by atoms with Crippen LogP contribution in [0.15, 0.2) is 47.4 Å². The normalized spacial score (nSPS) is 16.1. The molecule has 1 aliphatic carbocycles. The van der Waals surface area contributed by atoms with Gasteiger partial charge in [0.15, 0.2) is 0 Å². The Morgan fingerprint density at radius 1 is 1.10 bits per heavy atom. The second-order valence-corrected chi connectivity index (χ2v) is 9.25. The van der Waals surface area contributed by atoms with Gasteiger partial charge in [0.1, 0.15) is 16.5 Å². The van der Waals surface area contributed by atoms with Crippen LogP contribution in [0.5, 0.6) is 5.75 Å². The molecule has 0 saturated heterocycles. The molecule has 1 amide bonds. The molecular formula is C22H27FN2O4S. The van der Waals surface area contributed by atoms with Crippen molar-refractivity contribution in [3.8, 4) is 5.75 Å².